The predicted octanol–water partition coefficient (Wildman–Crippen LogP) is 4.56. The normalized spacial score (nSPS) is 12.5. The summed E-state index contributed by atoms with van der Waals surface area (Å²) in [6.07, 6.45) is -1.04. The molecule has 31 heavy (non-hydrogen) atoms. The molecule has 0 bridgehead atoms. The zero-order chi connectivity index (χ0) is 22.4. The van der Waals surface area contributed by atoms with Gasteiger partial charge in [0.1, 0.15) is 5.82 Å². The Morgan fingerprint density at radius 2 is 1.74 bits per heavy atom. The molecule has 8 heteroatoms. The smallest absolute Gasteiger partial charge is 0.338 e. The number of carbonyl (C=O) groups excluding carboxylic acids is 3. The predicted molar refractivity (Wildman–Crippen MR) is 117 cm³/mol. The van der Waals surface area contributed by atoms with Gasteiger partial charge in [-0.25, -0.2) is 9.18 Å². The van der Waals surface area contributed by atoms with Gasteiger partial charge in [0.05, 0.1) is 16.5 Å². The third-order valence-electron chi connectivity index (χ3n) is 4.48. The van der Waals surface area contributed by atoms with Crippen molar-refractivity contribution in [2.24, 2.45) is 0 Å². The van der Waals surface area contributed by atoms with Gasteiger partial charge in [-0.3, -0.25) is 9.59 Å². The number of amides is 2. The summed E-state index contributed by atoms with van der Waals surface area (Å²) in [4.78, 5) is 37.6. The molecule has 1 heterocycles. The number of benzene rings is 2. The van der Waals surface area contributed by atoms with Crippen LogP contribution in [0.15, 0.2) is 66.0 Å². The Balaban J connectivity index is 1.58. The van der Waals surface area contributed by atoms with Gasteiger partial charge in [0.25, 0.3) is 11.8 Å². The van der Waals surface area contributed by atoms with Gasteiger partial charge < -0.3 is 15.4 Å². The van der Waals surface area contributed by atoms with E-state index in [1.807, 2.05) is 0 Å². The fraction of sp³-hybridized carbons (Fsp3) is 0.174. The number of hydrogen-bond donors (Lipinski definition) is 2. The maximum Gasteiger partial charge on any atom is 0.338 e. The highest BCUT2D eigenvalue weighted by Gasteiger charge is 2.21. The van der Waals surface area contributed by atoms with E-state index in [0.717, 1.165) is 5.56 Å². The summed E-state index contributed by atoms with van der Waals surface area (Å²) in [7, 11) is 0. The van der Waals surface area contributed by atoms with Crippen LogP contribution in [0.25, 0.3) is 0 Å². The molecule has 0 fully saturated rings. The first-order chi connectivity index (χ1) is 14.8. The van der Waals surface area contributed by atoms with Crippen molar-refractivity contribution >= 4 is 34.8 Å². The molecule has 0 saturated carbocycles. The summed E-state index contributed by atoms with van der Waals surface area (Å²) < 4.78 is 18.3. The number of thiophene rings is 1. The second kappa shape index (κ2) is 9.99. The molecule has 2 atom stereocenters. The molecular weight excluding hydrogens is 419 g/mol. The topological polar surface area (TPSA) is 84.5 Å². The number of nitrogens with one attached hydrogen (secondary N) is 2. The SMILES string of the molecule is CC(OC(=O)c1cccc(NC(=O)c2cccs2)c1)C(=O)NC(C)c1ccc(F)cc1. The van der Waals surface area contributed by atoms with E-state index in [4.69, 9.17) is 4.74 Å². The van der Waals surface area contributed by atoms with E-state index in [0.29, 0.717) is 10.6 Å². The summed E-state index contributed by atoms with van der Waals surface area (Å²) in [5, 5.41) is 7.25. The van der Waals surface area contributed by atoms with Gasteiger partial charge in [-0.1, -0.05) is 24.3 Å². The molecule has 160 valence electrons. The van der Waals surface area contributed by atoms with Crippen LogP contribution in [-0.2, 0) is 9.53 Å². The van der Waals surface area contributed by atoms with Gasteiger partial charge in [0.2, 0.25) is 0 Å². The Hall–Kier alpha value is -3.52. The molecular formula is C23H21FN2O4S. The van der Waals surface area contributed by atoms with Crippen molar-refractivity contribution in [1.29, 1.82) is 0 Å². The molecule has 3 aromatic rings. The average molecular weight is 440 g/mol. The molecule has 3 rings (SSSR count). The number of halogens is 1. The van der Waals surface area contributed by atoms with Crippen LogP contribution >= 0.6 is 11.3 Å². The highest BCUT2D eigenvalue weighted by atomic mass is 32.1. The van der Waals surface area contributed by atoms with Gasteiger partial charge in [0, 0.05) is 5.69 Å². The second-order valence-corrected chi connectivity index (χ2v) is 7.79. The van der Waals surface area contributed by atoms with E-state index in [2.05, 4.69) is 10.6 Å². The standard InChI is InChI=1S/C23H21FN2O4S/c1-14(16-8-10-18(24)11-9-16)25-21(27)15(2)30-23(29)17-5-3-6-19(13-17)26-22(28)20-7-4-12-31-20/h3-15H,1-2H3,(H,25,27)(H,26,28). The lowest BCUT2D eigenvalue weighted by atomic mass is 10.1. The van der Waals surface area contributed by atoms with Gasteiger partial charge >= 0.3 is 5.97 Å². The first-order valence-electron chi connectivity index (χ1n) is 9.55. The Morgan fingerprint density at radius 1 is 1.00 bits per heavy atom. The van der Waals surface area contributed by atoms with E-state index < -0.39 is 18.0 Å². The van der Waals surface area contributed by atoms with Crippen molar-refractivity contribution in [2.75, 3.05) is 5.32 Å². The maximum absolute atomic E-state index is 13.0. The molecule has 2 unspecified atom stereocenters. The fourth-order valence-corrected chi connectivity index (χ4v) is 3.39. The minimum atomic E-state index is -1.04. The number of carbonyl (C=O) groups is 3. The molecule has 0 aliphatic heterocycles. The third-order valence-corrected chi connectivity index (χ3v) is 5.35. The van der Waals surface area contributed by atoms with Crippen molar-refractivity contribution in [2.45, 2.75) is 26.0 Å². The molecule has 2 aromatic carbocycles. The minimum Gasteiger partial charge on any atom is -0.449 e. The summed E-state index contributed by atoms with van der Waals surface area (Å²) in [6, 6.07) is 15.2. The quantitative estimate of drug-likeness (QED) is 0.528. The molecule has 0 spiro atoms. The van der Waals surface area contributed by atoms with Crippen LogP contribution < -0.4 is 10.6 Å². The van der Waals surface area contributed by atoms with E-state index in [9.17, 15) is 18.8 Å². The van der Waals surface area contributed by atoms with E-state index in [1.54, 1.807) is 48.7 Å². The first-order valence-corrected chi connectivity index (χ1v) is 10.4. The minimum absolute atomic E-state index is 0.204. The Morgan fingerprint density at radius 3 is 2.42 bits per heavy atom. The number of hydrogen-bond acceptors (Lipinski definition) is 5. The van der Waals surface area contributed by atoms with Crippen molar-refractivity contribution in [1.82, 2.24) is 5.32 Å². The van der Waals surface area contributed by atoms with Crippen LogP contribution in [0.2, 0.25) is 0 Å². The summed E-state index contributed by atoms with van der Waals surface area (Å²) in [5.41, 5.74) is 1.37. The molecule has 0 aliphatic rings. The van der Waals surface area contributed by atoms with Crippen LogP contribution in [0.3, 0.4) is 0 Å². The highest BCUT2D eigenvalue weighted by molar-refractivity contribution is 7.12. The van der Waals surface area contributed by atoms with Crippen molar-refractivity contribution in [3.8, 4) is 0 Å². The molecule has 0 radical (unpaired) electrons. The molecule has 6 nitrogen and oxygen atoms in total. The lowest BCUT2D eigenvalue weighted by Crippen LogP contribution is -2.37. The lowest BCUT2D eigenvalue weighted by molar-refractivity contribution is -0.129. The monoisotopic (exact) mass is 440 g/mol. The maximum atomic E-state index is 13.0. The van der Waals surface area contributed by atoms with Crippen LogP contribution in [0.1, 0.15) is 45.5 Å². The van der Waals surface area contributed by atoms with Gasteiger partial charge in [0.15, 0.2) is 6.10 Å². The second-order valence-electron chi connectivity index (χ2n) is 6.84. The number of anilines is 1. The summed E-state index contributed by atoms with van der Waals surface area (Å²) in [5.74, 6) is -1.81. The highest BCUT2D eigenvalue weighted by Crippen LogP contribution is 2.17. The van der Waals surface area contributed by atoms with Gasteiger partial charge in [-0.2, -0.15) is 0 Å². The van der Waals surface area contributed by atoms with E-state index in [-0.39, 0.29) is 23.3 Å². The van der Waals surface area contributed by atoms with E-state index >= 15 is 0 Å². The summed E-state index contributed by atoms with van der Waals surface area (Å²) >= 11 is 1.31. The van der Waals surface area contributed by atoms with Crippen LogP contribution in [0, 0.1) is 5.82 Å². The Labute approximate surface area is 183 Å². The zero-order valence-corrected chi connectivity index (χ0v) is 17.7. The number of ether oxygens (including phenoxy) is 1. The van der Waals surface area contributed by atoms with Gasteiger partial charge in [-0.15, -0.1) is 11.3 Å². The molecule has 2 amide bonds. The van der Waals surface area contributed by atoms with Crippen molar-refractivity contribution in [3.05, 3.63) is 87.9 Å². The van der Waals surface area contributed by atoms with E-state index in [1.165, 1.54) is 42.5 Å². The first kappa shape index (κ1) is 22.2. The Bertz CT molecular complexity index is 1070. The Kier molecular flexibility index (Phi) is 7.15. The number of rotatable bonds is 7. The number of esters is 1. The van der Waals surface area contributed by atoms with Crippen LogP contribution in [0.5, 0.6) is 0 Å². The van der Waals surface area contributed by atoms with Gasteiger partial charge in [-0.05, 0) is 61.2 Å². The fourth-order valence-electron chi connectivity index (χ4n) is 2.77. The largest absolute Gasteiger partial charge is 0.449 e. The van der Waals surface area contributed by atoms with Crippen molar-refractivity contribution < 1.29 is 23.5 Å². The third kappa shape index (κ3) is 5.99. The lowest BCUT2D eigenvalue weighted by Gasteiger charge is -2.18. The van der Waals surface area contributed by atoms with Crippen molar-refractivity contribution in [3.63, 3.8) is 0 Å². The zero-order valence-electron chi connectivity index (χ0n) is 16.9. The molecule has 0 saturated heterocycles. The summed E-state index contributed by atoms with van der Waals surface area (Å²) in [6.45, 7) is 3.21. The molecule has 0 aliphatic carbocycles. The average Bonchev–Trinajstić information content (AvgIpc) is 3.29. The van der Waals surface area contributed by atoms with Crippen LogP contribution in [-0.4, -0.2) is 23.9 Å². The van der Waals surface area contributed by atoms with Crippen LogP contribution in [0.4, 0.5) is 10.1 Å². The molecule has 2 N–H and O–H groups in total. The molecule has 1 aromatic heterocycles.